The topological polar surface area (TPSA) is 21.3 Å². The minimum Gasteiger partial charge on any atom is -0.490 e. The smallest absolute Gasteiger partial charge is 0.165 e. The van der Waals surface area contributed by atoms with Crippen molar-refractivity contribution in [3.63, 3.8) is 0 Å². The number of para-hydroxylation sites is 1. The second kappa shape index (κ2) is 6.19. The Morgan fingerprint density at radius 1 is 1.39 bits per heavy atom. The van der Waals surface area contributed by atoms with Gasteiger partial charge in [0.2, 0.25) is 0 Å². The number of hydrogen-bond acceptors (Lipinski definition) is 2. The Labute approximate surface area is 109 Å². The van der Waals surface area contributed by atoms with Gasteiger partial charge in [-0.25, -0.2) is 4.39 Å². The van der Waals surface area contributed by atoms with Gasteiger partial charge in [0.1, 0.15) is 0 Å². The molecule has 1 saturated carbocycles. The van der Waals surface area contributed by atoms with E-state index in [1.807, 2.05) is 6.07 Å². The fraction of sp³-hybridized carbons (Fsp3) is 0.600. The Hall–Kier alpha value is -1.09. The monoisotopic (exact) mass is 251 g/mol. The molecular formula is C15H22FNO. The third kappa shape index (κ3) is 3.98. The Bertz CT molecular complexity index is 388. The van der Waals surface area contributed by atoms with Gasteiger partial charge < -0.3 is 10.1 Å². The standard InChI is InChI=1S/C15H22FNO/c1-11(2)8-17-9-13-4-3-5-14(16)15(13)18-10-12-6-7-12/h3-5,11-12,17H,6-10H2,1-2H3. The number of halogens is 1. The van der Waals surface area contributed by atoms with Crippen LogP contribution in [0.15, 0.2) is 18.2 Å². The lowest BCUT2D eigenvalue weighted by molar-refractivity contribution is 0.281. The summed E-state index contributed by atoms with van der Waals surface area (Å²) in [6.45, 7) is 6.55. The Balaban J connectivity index is 1.95. The Kier molecular flexibility index (Phi) is 4.59. The number of nitrogens with one attached hydrogen (secondary N) is 1. The van der Waals surface area contributed by atoms with Gasteiger partial charge in [-0.3, -0.25) is 0 Å². The highest BCUT2D eigenvalue weighted by atomic mass is 19.1. The van der Waals surface area contributed by atoms with Crippen molar-refractivity contribution >= 4 is 0 Å². The van der Waals surface area contributed by atoms with Gasteiger partial charge in [-0.1, -0.05) is 26.0 Å². The molecule has 3 heteroatoms. The lowest BCUT2D eigenvalue weighted by atomic mass is 10.1. The van der Waals surface area contributed by atoms with E-state index in [0.29, 0.717) is 30.7 Å². The van der Waals surface area contributed by atoms with E-state index in [2.05, 4.69) is 19.2 Å². The van der Waals surface area contributed by atoms with Crippen molar-refractivity contribution in [1.29, 1.82) is 0 Å². The molecule has 0 bridgehead atoms. The van der Waals surface area contributed by atoms with E-state index in [1.165, 1.54) is 18.9 Å². The number of hydrogen-bond donors (Lipinski definition) is 1. The molecule has 1 fully saturated rings. The van der Waals surface area contributed by atoms with Gasteiger partial charge in [-0.2, -0.15) is 0 Å². The average molecular weight is 251 g/mol. The van der Waals surface area contributed by atoms with Crippen molar-refractivity contribution in [2.24, 2.45) is 11.8 Å². The van der Waals surface area contributed by atoms with Crippen LogP contribution in [0.25, 0.3) is 0 Å². The Morgan fingerprint density at radius 2 is 2.17 bits per heavy atom. The largest absolute Gasteiger partial charge is 0.490 e. The first-order valence-electron chi connectivity index (χ1n) is 6.77. The summed E-state index contributed by atoms with van der Waals surface area (Å²) in [5, 5.41) is 3.33. The summed E-state index contributed by atoms with van der Waals surface area (Å²) in [7, 11) is 0. The zero-order valence-corrected chi connectivity index (χ0v) is 11.2. The predicted molar refractivity (Wildman–Crippen MR) is 71.2 cm³/mol. The van der Waals surface area contributed by atoms with Gasteiger partial charge >= 0.3 is 0 Å². The molecule has 1 N–H and O–H groups in total. The molecule has 0 saturated heterocycles. The molecule has 0 spiro atoms. The normalized spacial score (nSPS) is 15.1. The van der Waals surface area contributed by atoms with Crippen molar-refractivity contribution < 1.29 is 9.13 Å². The molecule has 0 heterocycles. The van der Waals surface area contributed by atoms with Crippen molar-refractivity contribution in [1.82, 2.24) is 5.32 Å². The second-order valence-corrected chi connectivity index (χ2v) is 5.51. The summed E-state index contributed by atoms with van der Waals surface area (Å²) in [5.74, 6) is 1.41. The maximum atomic E-state index is 13.8. The van der Waals surface area contributed by atoms with E-state index in [1.54, 1.807) is 6.07 Å². The molecule has 1 aromatic carbocycles. The minimum atomic E-state index is -0.250. The quantitative estimate of drug-likeness (QED) is 0.802. The molecule has 0 aliphatic heterocycles. The van der Waals surface area contributed by atoms with Crippen LogP contribution in [0, 0.1) is 17.7 Å². The predicted octanol–water partition coefficient (Wildman–Crippen LogP) is 3.36. The minimum absolute atomic E-state index is 0.250. The van der Waals surface area contributed by atoms with E-state index < -0.39 is 0 Å². The lowest BCUT2D eigenvalue weighted by Gasteiger charge is -2.13. The first-order valence-corrected chi connectivity index (χ1v) is 6.77. The summed E-state index contributed by atoms with van der Waals surface area (Å²) in [4.78, 5) is 0. The maximum absolute atomic E-state index is 13.8. The highest BCUT2D eigenvalue weighted by molar-refractivity contribution is 5.35. The molecule has 18 heavy (non-hydrogen) atoms. The SMILES string of the molecule is CC(C)CNCc1cccc(F)c1OCC1CC1. The van der Waals surface area contributed by atoms with Crippen LogP contribution in [0.4, 0.5) is 4.39 Å². The van der Waals surface area contributed by atoms with E-state index in [0.717, 1.165) is 12.1 Å². The number of benzene rings is 1. The third-order valence-electron chi connectivity index (χ3n) is 3.08. The first kappa shape index (κ1) is 13.3. The zero-order valence-electron chi connectivity index (χ0n) is 11.2. The van der Waals surface area contributed by atoms with Crippen molar-refractivity contribution in [3.05, 3.63) is 29.6 Å². The number of rotatable bonds is 7. The van der Waals surface area contributed by atoms with Crippen LogP contribution in [0.5, 0.6) is 5.75 Å². The summed E-state index contributed by atoms with van der Waals surface area (Å²) >= 11 is 0. The van der Waals surface area contributed by atoms with Crippen molar-refractivity contribution in [2.75, 3.05) is 13.2 Å². The summed E-state index contributed by atoms with van der Waals surface area (Å²) in [5.41, 5.74) is 0.913. The molecule has 0 aromatic heterocycles. The maximum Gasteiger partial charge on any atom is 0.165 e. The molecule has 0 atom stereocenters. The van der Waals surface area contributed by atoms with Crippen LogP contribution >= 0.6 is 0 Å². The summed E-state index contributed by atoms with van der Waals surface area (Å²) < 4.78 is 19.4. The molecule has 0 radical (unpaired) electrons. The lowest BCUT2D eigenvalue weighted by Crippen LogP contribution is -2.19. The molecule has 2 rings (SSSR count). The summed E-state index contributed by atoms with van der Waals surface area (Å²) in [6, 6.07) is 5.14. The third-order valence-corrected chi connectivity index (χ3v) is 3.08. The fourth-order valence-corrected chi connectivity index (χ4v) is 1.84. The van der Waals surface area contributed by atoms with Gasteiger partial charge in [-0.15, -0.1) is 0 Å². The zero-order chi connectivity index (χ0) is 13.0. The highest BCUT2D eigenvalue weighted by Crippen LogP contribution is 2.31. The first-order chi connectivity index (χ1) is 8.66. The van der Waals surface area contributed by atoms with Crippen LogP contribution < -0.4 is 10.1 Å². The van der Waals surface area contributed by atoms with Crippen molar-refractivity contribution in [3.8, 4) is 5.75 Å². The molecule has 0 unspecified atom stereocenters. The molecule has 100 valence electrons. The van der Waals surface area contributed by atoms with E-state index in [9.17, 15) is 4.39 Å². The van der Waals surface area contributed by atoms with Gasteiger partial charge in [-0.05, 0) is 37.3 Å². The van der Waals surface area contributed by atoms with Gasteiger partial charge in [0, 0.05) is 12.1 Å². The van der Waals surface area contributed by atoms with E-state index in [-0.39, 0.29) is 5.82 Å². The molecule has 2 nitrogen and oxygen atoms in total. The Morgan fingerprint density at radius 3 is 2.83 bits per heavy atom. The second-order valence-electron chi connectivity index (χ2n) is 5.51. The average Bonchev–Trinajstić information content (AvgIpc) is 3.11. The van der Waals surface area contributed by atoms with Crippen molar-refractivity contribution in [2.45, 2.75) is 33.2 Å². The highest BCUT2D eigenvalue weighted by Gasteiger charge is 2.23. The van der Waals surface area contributed by atoms with Crippen LogP contribution in [0.2, 0.25) is 0 Å². The van der Waals surface area contributed by atoms with Crippen LogP contribution in [-0.2, 0) is 6.54 Å². The molecule has 1 aromatic rings. The van der Waals surface area contributed by atoms with E-state index in [4.69, 9.17) is 4.74 Å². The number of ether oxygens (including phenoxy) is 1. The summed E-state index contributed by atoms with van der Waals surface area (Å²) in [6.07, 6.45) is 2.44. The molecular weight excluding hydrogens is 229 g/mol. The van der Waals surface area contributed by atoms with Gasteiger partial charge in [0.25, 0.3) is 0 Å². The van der Waals surface area contributed by atoms with Crippen LogP contribution in [-0.4, -0.2) is 13.2 Å². The fourth-order valence-electron chi connectivity index (χ4n) is 1.84. The molecule has 1 aliphatic rings. The molecule has 1 aliphatic carbocycles. The van der Waals surface area contributed by atoms with E-state index >= 15 is 0 Å². The van der Waals surface area contributed by atoms with Gasteiger partial charge in [0.15, 0.2) is 11.6 Å². The van der Waals surface area contributed by atoms with Gasteiger partial charge in [0.05, 0.1) is 6.61 Å². The van der Waals surface area contributed by atoms with Crippen LogP contribution in [0.3, 0.4) is 0 Å². The molecule has 0 amide bonds. The van der Waals surface area contributed by atoms with Crippen LogP contribution in [0.1, 0.15) is 32.3 Å².